The van der Waals surface area contributed by atoms with E-state index in [0.29, 0.717) is 12.5 Å². The van der Waals surface area contributed by atoms with Crippen LogP contribution in [-0.4, -0.2) is 59.5 Å². The van der Waals surface area contributed by atoms with Gasteiger partial charge in [-0.05, 0) is 46.1 Å². The first kappa shape index (κ1) is 15.3. The predicted molar refractivity (Wildman–Crippen MR) is 77.1 cm³/mol. The lowest BCUT2D eigenvalue weighted by Gasteiger charge is -2.35. The number of nitrogens with two attached hydrogens (primary N) is 1. The third-order valence-corrected chi connectivity index (χ3v) is 4.37. The molecule has 0 aromatic heterocycles. The van der Waals surface area contributed by atoms with Crippen molar-refractivity contribution in [2.45, 2.75) is 45.2 Å². The Balaban J connectivity index is 1.86. The largest absolute Gasteiger partial charge is 0.328 e. The molecule has 0 saturated carbocycles. The highest BCUT2D eigenvalue weighted by Gasteiger charge is 2.44. The molecule has 2 aliphatic heterocycles. The Morgan fingerprint density at radius 2 is 2.10 bits per heavy atom. The Hall–Kier alpha value is -1.14. The summed E-state index contributed by atoms with van der Waals surface area (Å²) in [5, 5.41) is 2.71. The number of hydrogen-bond acceptors (Lipinski definition) is 4. The Bertz CT molecular complexity index is 395. The lowest BCUT2D eigenvalue weighted by Crippen LogP contribution is -2.46. The highest BCUT2D eigenvalue weighted by molar-refractivity contribution is 6.06. The monoisotopic (exact) mass is 282 g/mol. The van der Waals surface area contributed by atoms with E-state index in [1.165, 1.54) is 11.3 Å². The highest BCUT2D eigenvalue weighted by atomic mass is 16.2. The molecular weight excluding hydrogens is 256 g/mol. The van der Waals surface area contributed by atoms with Gasteiger partial charge >= 0.3 is 6.03 Å². The van der Waals surface area contributed by atoms with Gasteiger partial charge in [-0.1, -0.05) is 0 Å². The van der Waals surface area contributed by atoms with Crippen LogP contribution in [0, 0.1) is 5.92 Å². The van der Waals surface area contributed by atoms with E-state index in [0.717, 1.165) is 26.1 Å². The molecule has 0 aromatic carbocycles. The van der Waals surface area contributed by atoms with Crippen molar-refractivity contribution >= 4 is 11.9 Å². The molecule has 3 amide bonds. The molecule has 3 N–H and O–H groups in total. The average molecular weight is 282 g/mol. The molecule has 20 heavy (non-hydrogen) atoms. The maximum Gasteiger partial charge on any atom is 0.325 e. The van der Waals surface area contributed by atoms with Crippen molar-refractivity contribution < 1.29 is 9.59 Å². The topological polar surface area (TPSA) is 78.7 Å². The number of nitrogens with zero attached hydrogens (tertiary/aromatic N) is 2. The van der Waals surface area contributed by atoms with Gasteiger partial charge in [-0.25, -0.2) is 4.79 Å². The van der Waals surface area contributed by atoms with Crippen LogP contribution in [0.15, 0.2) is 0 Å². The van der Waals surface area contributed by atoms with Crippen molar-refractivity contribution in [2.75, 3.05) is 26.2 Å². The lowest BCUT2D eigenvalue weighted by atomic mass is 9.92. The van der Waals surface area contributed by atoms with Gasteiger partial charge in [-0.2, -0.15) is 0 Å². The van der Waals surface area contributed by atoms with Crippen molar-refractivity contribution in [3.8, 4) is 0 Å². The van der Waals surface area contributed by atoms with E-state index >= 15 is 0 Å². The SMILES string of the molecule is CC(N)C1CCCN(CCN2C(=O)NC(C)(C)C2=O)C1. The van der Waals surface area contributed by atoms with Crippen LogP contribution >= 0.6 is 0 Å². The Labute approximate surface area is 120 Å². The fraction of sp³-hybridized carbons (Fsp3) is 0.857. The van der Waals surface area contributed by atoms with Crippen LogP contribution in [0.25, 0.3) is 0 Å². The molecule has 2 rings (SSSR count). The maximum atomic E-state index is 12.1. The zero-order valence-electron chi connectivity index (χ0n) is 12.7. The standard InChI is InChI=1S/C14H26N4O2/c1-10(15)11-5-4-6-17(9-11)7-8-18-12(19)14(2,3)16-13(18)20/h10-11H,4-9,15H2,1-3H3,(H,16,20). The van der Waals surface area contributed by atoms with Crippen molar-refractivity contribution in [3.63, 3.8) is 0 Å². The molecule has 2 fully saturated rings. The van der Waals surface area contributed by atoms with Gasteiger partial charge in [0.2, 0.25) is 0 Å². The Kier molecular flexibility index (Phi) is 4.34. The predicted octanol–water partition coefficient (Wildman–Crippen LogP) is 0.376. The van der Waals surface area contributed by atoms with Gasteiger partial charge < -0.3 is 16.0 Å². The molecule has 0 aliphatic carbocycles. The molecule has 2 aliphatic rings. The molecular formula is C14H26N4O2. The summed E-state index contributed by atoms with van der Waals surface area (Å²) >= 11 is 0. The quantitative estimate of drug-likeness (QED) is 0.731. The first-order valence-electron chi connectivity index (χ1n) is 7.43. The number of carbonyl (C=O) groups excluding carboxylic acids is 2. The Morgan fingerprint density at radius 3 is 2.65 bits per heavy atom. The number of rotatable bonds is 4. The number of likely N-dealkylation sites (tertiary alicyclic amines) is 1. The molecule has 6 heteroatoms. The number of hydrogen-bond donors (Lipinski definition) is 2. The minimum absolute atomic E-state index is 0.136. The van der Waals surface area contributed by atoms with E-state index in [1.54, 1.807) is 13.8 Å². The number of carbonyl (C=O) groups is 2. The maximum absolute atomic E-state index is 12.1. The van der Waals surface area contributed by atoms with Crippen LogP contribution in [0.4, 0.5) is 4.79 Å². The summed E-state index contributed by atoms with van der Waals surface area (Å²) in [6.07, 6.45) is 2.31. The summed E-state index contributed by atoms with van der Waals surface area (Å²) in [7, 11) is 0. The summed E-state index contributed by atoms with van der Waals surface area (Å²) in [6.45, 7) is 8.70. The van der Waals surface area contributed by atoms with Gasteiger partial charge in [0.15, 0.2) is 0 Å². The van der Waals surface area contributed by atoms with Gasteiger partial charge in [0.1, 0.15) is 5.54 Å². The van der Waals surface area contributed by atoms with E-state index in [4.69, 9.17) is 5.73 Å². The van der Waals surface area contributed by atoms with Crippen LogP contribution in [-0.2, 0) is 4.79 Å². The second kappa shape index (κ2) is 5.69. The van der Waals surface area contributed by atoms with Gasteiger partial charge in [0.25, 0.3) is 5.91 Å². The fourth-order valence-corrected chi connectivity index (χ4v) is 2.99. The molecule has 2 heterocycles. The average Bonchev–Trinajstić information content (AvgIpc) is 2.57. The van der Waals surface area contributed by atoms with E-state index in [2.05, 4.69) is 10.2 Å². The van der Waals surface area contributed by atoms with E-state index < -0.39 is 5.54 Å². The molecule has 114 valence electrons. The molecule has 2 atom stereocenters. The summed E-state index contributed by atoms with van der Waals surface area (Å²) in [5.74, 6) is 0.381. The van der Waals surface area contributed by atoms with Crippen molar-refractivity contribution in [2.24, 2.45) is 11.7 Å². The number of imide groups is 1. The second-order valence-electron chi connectivity index (χ2n) is 6.57. The van der Waals surface area contributed by atoms with Crippen molar-refractivity contribution in [1.29, 1.82) is 0 Å². The second-order valence-corrected chi connectivity index (χ2v) is 6.57. The zero-order valence-corrected chi connectivity index (χ0v) is 12.7. The number of amides is 3. The third kappa shape index (κ3) is 3.12. The van der Waals surface area contributed by atoms with Crippen LogP contribution < -0.4 is 11.1 Å². The molecule has 0 radical (unpaired) electrons. The summed E-state index contributed by atoms with van der Waals surface area (Å²) in [4.78, 5) is 27.5. The first-order valence-corrected chi connectivity index (χ1v) is 7.43. The highest BCUT2D eigenvalue weighted by Crippen LogP contribution is 2.20. The van der Waals surface area contributed by atoms with Crippen molar-refractivity contribution in [1.82, 2.24) is 15.1 Å². The molecule has 0 aromatic rings. The van der Waals surface area contributed by atoms with Crippen LogP contribution in [0.5, 0.6) is 0 Å². The third-order valence-electron chi connectivity index (χ3n) is 4.37. The number of nitrogens with one attached hydrogen (secondary N) is 1. The van der Waals surface area contributed by atoms with Gasteiger partial charge in [0, 0.05) is 25.7 Å². The number of piperidine rings is 1. The van der Waals surface area contributed by atoms with E-state index in [9.17, 15) is 9.59 Å². The zero-order chi connectivity index (χ0) is 14.9. The number of urea groups is 1. The van der Waals surface area contributed by atoms with Crippen molar-refractivity contribution in [3.05, 3.63) is 0 Å². The van der Waals surface area contributed by atoms with E-state index in [1.807, 2.05) is 6.92 Å². The van der Waals surface area contributed by atoms with Gasteiger partial charge in [0.05, 0.1) is 0 Å². The summed E-state index contributed by atoms with van der Waals surface area (Å²) in [6, 6.07) is -0.0748. The first-order chi connectivity index (χ1) is 9.31. The van der Waals surface area contributed by atoms with Crippen LogP contribution in [0.2, 0.25) is 0 Å². The minimum atomic E-state index is -0.771. The lowest BCUT2D eigenvalue weighted by molar-refractivity contribution is -0.130. The molecule has 0 spiro atoms. The summed E-state index contributed by atoms with van der Waals surface area (Å²) < 4.78 is 0. The van der Waals surface area contributed by atoms with Crippen LogP contribution in [0.1, 0.15) is 33.6 Å². The molecule has 0 bridgehead atoms. The normalized spacial score (nSPS) is 28.6. The molecule has 6 nitrogen and oxygen atoms in total. The minimum Gasteiger partial charge on any atom is -0.328 e. The van der Waals surface area contributed by atoms with Gasteiger partial charge in [-0.3, -0.25) is 9.69 Å². The van der Waals surface area contributed by atoms with Gasteiger partial charge in [-0.15, -0.1) is 0 Å². The summed E-state index contributed by atoms with van der Waals surface area (Å²) in [5.41, 5.74) is 5.20. The van der Waals surface area contributed by atoms with E-state index in [-0.39, 0.29) is 18.0 Å². The van der Waals surface area contributed by atoms with Crippen LogP contribution in [0.3, 0.4) is 0 Å². The smallest absolute Gasteiger partial charge is 0.325 e. The Morgan fingerprint density at radius 1 is 1.40 bits per heavy atom. The molecule has 2 unspecified atom stereocenters. The molecule has 2 saturated heterocycles. The fourth-order valence-electron chi connectivity index (χ4n) is 2.99.